The van der Waals surface area contributed by atoms with Gasteiger partial charge in [-0.15, -0.1) is 0 Å². The van der Waals surface area contributed by atoms with E-state index in [4.69, 9.17) is 4.74 Å². The lowest BCUT2D eigenvalue weighted by atomic mass is 9.88. The topological polar surface area (TPSA) is 101 Å². The summed E-state index contributed by atoms with van der Waals surface area (Å²) >= 11 is 0. The predicted molar refractivity (Wildman–Crippen MR) is 99.1 cm³/mol. The van der Waals surface area contributed by atoms with E-state index in [0.717, 1.165) is 12.1 Å². The summed E-state index contributed by atoms with van der Waals surface area (Å²) in [5, 5.41) is 33.1. The average Bonchev–Trinajstić information content (AvgIpc) is 3.21. The molecule has 1 saturated heterocycles. The van der Waals surface area contributed by atoms with Crippen LogP contribution in [0.25, 0.3) is 11.0 Å². The number of halogens is 3. The number of aromatic nitrogens is 3. The van der Waals surface area contributed by atoms with Gasteiger partial charge in [-0.3, -0.25) is 0 Å². The number of nitrogens with zero attached hydrogens (tertiary/aromatic N) is 3. The Morgan fingerprint density at radius 3 is 2.60 bits per heavy atom. The first-order chi connectivity index (χ1) is 14.1. The van der Waals surface area contributed by atoms with E-state index in [1.165, 1.54) is 17.8 Å². The Bertz CT molecular complexity index is 1090. The predicted octanol–water partition coefficient (Wildman–Crippen LogP) is 2.56. The van der Waals surface area contributed by atoms with Gasteiger partial charge in [0.15, 0.2) is 6.23 Å². The van der Waals surface area contributed by atoms with Crippen molar-refractivity contribution in [3.8, 4) is 0 Å². The molecule has 3 heterocycles. The molecule has 0 unspecified atom stereocenters. The minimum Gasteiger partial charge on any atom is -0.386 e. The van der Waals surface area contributed by atoms with Crippen LogP contribution in [0.2, 0.25) is 0 Å². The summed E-state index contributed by atoms with van der Waals surface area (Å²) in [4.78, 5) is 8.28. The van der Waals surface area contributed by atoms with Crippen LogP contribution in [0.1, 0.15) is 42.5 Å². The van der Waals surface area contributed by atoms with E-state index in [-0.39, 0.29) is 5.56 Å². The molecule has 30 heavy (non-hydrogen) atoms. The van der Waals surface area contributed by atoms with Gasteiger partial charge in [0.25, 0.3) is 6.43 Å². The minimum absolute atomic E-state index is 0.195. The fourth-order valence-corrected chi connectivity index (χ4v) is 3.84. The van der Waals surface area contributed by atoms with Crippen molar-refractivity contribution in [2.45, 2.75) is 50.4 Å². The molecule has 2 aromatic heterocycles. The molecule has 1 aromatic carbocycles. The lowest BCUT2D eigenvalue weighted by Gasteiger charge is -2.30. The average molecular weight is 423 g/mol. The van der Waals surface area contributed by atoms with Gasteiger partial charge in [-0.05, 0) is 43.7 Å². The normalized spacial score (nSPS) is 27.8. The van der Waals surface area contributed by atoms with Crippen molar-refractivity contribution in [1.82, 2.24) is 14.5 Å². The van der Waals surface area contributed by atoms with Crippen LogP contribution in [0.3, 0.4) is 0 Å². The Labute approximate surface area is 169 Å². The summed E-state index contributed by atoms with van der Waals surface area (Å²) in [5.41, 5.74) is -1.63. The van der Waals surface area contributed by atoms with Crippen LogP contribution in [0, 0.1) is 12.7 Å². The molecule has 1 aliphatic rings. The molecule has 7 nitrogen and oxygen atoms in total. The number of alkyl halides is 2. The first-order valence-corrected chi connectivity index (χ1v) is 9.22. The zero-order chi connectivity index (χ0) is 21.8. The third kappa shape index (κ3) is 3.25. The van der Waals surface area contributed by atoms with E-state index >= 15 is 0 Å². The summed E-state index contributed by atoms with van der Waals surface area (Å²) in [7, 11) is 0. The zero-order valence-electron chi connectivity index (χ0n) is 16.1. The van der Waals surface area contributed by atoms with Crippen LogP contribution < -0.4 is 0 Å². The molecule has 0 spiro atoms. The quantitative estimate of drug-likeness (QED) is 0.596. The van der Waals surface area contributed by atoms with E-state index in [1.807, 2.05) is 0 Å². The summed E-state index contributed by atoms with van der Waals surface area (Å²) in [6, 6.07) is 4.22. The van der Waals surface area contributed by atoms with Gasteiger partial charge in [0, 0.05) is 17.1 Å². The number of benzene rings is 1. The lowest BCUT2D eigenvalue weighted by Crippen LogP contribution is -2.47. The van der Waals surface area contributed by atoms with Crippen molar-refractivity contribution in [3.63, 3.8) is 0 Å². The van der Waals surface area contributed by atoms with Crippen LogP contribution in [-0.2, 0) is 4.74 Å². The van der Waals surface area contributed by atoms with E-state index in [2.05, 4.69) is 9.97 Å². The molecule has 0 amide bonds. The second kappa shape index (κ2) is 7.31. The zero-order valence-corrected chi connectivity index (χ0v) is 16.1. The maximum Gasteiger partial charge on any atom is 0.263 e. The van der Waals surface area contributed by atoms with Gasteiger partial charge in [-0.2, -0.15) is 0 Å². The van der Waals surface area contributed by atoms with Gasteiger partial charge >= 0.3 is 0 Å². The maximum absolute atomic E-state index is 13.8. The molecular weight excluding hydrogens is 403 g/mol. The molecule has 0 radical (unpaired) electrons. The molecule has 0 saturated carbocycles. The second-order valence-corrected chi connectivity index (χ2v) is 7.60. The molecule has 3 N–H and O–H groups in total. The van der Waals surface area contributed by atoms with Crippen LogP contribution in [0.15, 0.2) is 36.8 Å². The number of aryl methyl sites for hydroxylation is 1. The van der Waals surface area contributed by atoms with Crippen LogP contribution >= 0.6 is 0 Å². The highest BCUT2D eigenvalue weighted by atomic mass is 19.3. The number of aliphatic hydroxyl groups is 3. The number of ether oxygens (including phenoxy) is 1. The summed E-state index contributed by atoms with van der Waals surface area (Å²) in [5.74, 6) is -0.958. The monoisotopic (exact) mass is 423 g/mol. The number of rotatable bonds is 4. The number of aliphatic hydroxyl groups excluding tert-OH is 2. The molecule has 5 atom stereocenters. The van der Waals surface area contributed by atoms with Crippen molar-refractivity contribution in [1.29, 1.82) is 0 Å². The van der Waals surface area contributed by atoms with Crippen molar-refractivity contribution < 1.29 is 33.2 Å². The number of fused-ring (bicyclic) bond motifs is 1. The Kier molecular flexibility index (Phi) is 5.05. The Morgan fingerprint density at radius 2 is 1.90 bits per heavy atom. The highest BCUT2D eigenvalue weighted by Gasteiger charge is 2.56. The smallest absolute Gasteiger partial charge is 0.263 e. The van der Waals surface area contributed by atoms with Gasteiger partial charge in [-0.1, -0.05) is 0 Å². The first kappa shape index (κ1) is 20.7. The summed E-state index contributed by atoms with van der Waals surface area (Å²) < 4.78 is 47.1. The van der Waals surface area contributed by atoms with Crippen molar-refractivity contribution in [2.24, 2.45) is 0 Å². The Balaban J connectivity index is 1.71. The molecule has 4 rings (SSSR count). The third-order valence-corrected chi connectivity index (χ3v) is 5.54. The summed E-state index contributed by atoms with van der Waals surface area (Å²) in [6.07, 6.45) is -5.72. The Hall–Kier alpha value is -2.53. The molecule has 160 valence electrons. The Morgan fingerprint density at radius 1 is 1.20 bits per heavy atom. The molecule has 0 aliphatic carbocycles. The van der Waals surface area contributed by atoms with E-state index in [9.17, 15) is 28.5 Å². The number of hydrogen-bond donors (Lipinski definition) is 3. The van der Waals surface area contributed by atoms with Gasteiger partial charge in [0.1, 0.15) is 41.7 Å². The molecule has 1 fully saturated rings. The van der Waals surface area contributed by atoms with Gasteiger partial charge in [0.2, 0.25) is 0 Å². The van der Waals surface area contributed by atoms with Gasteiger partial charge < -0.3 is 24.6 Å². The number of hydrogen-bond acceptors (Lipinski definition) is 6. The van der Waals surface area contributed by atoms with Crippen LogP contribution in [0.5, 0.6) is 0 Å². The van der Waals surface area contributed by atoms with Gasteiger partial charge in [0.05, 0.1) is 5.69 Å². The maximum atomic E-state index is 13.8. The fraction of sp³-hybridized carbons (Fsp3) is 0.400. The highest BCUT2D eigenvalue weighted by molar-refractivity contribution is 5.78. The molecule has 3 aromatic rings. The van der Waals surface area contributed by atoms with Gasteiger partial charge in [-0.25, -0.2) is 23.1 Å². The molecule has 0 bridgehead atoms. The molecule has 10 heteroatoms. The highest BCUT2D eigenvalue weighted by Crippen LogP contribution is 2.43. The molecule has 1 aliphatic heterocycles. The fourth-order valence-electron chi connectivity index (χ4n) is 3.84. The minimum atomic E-state index is -2.94. The largest absolute Gasteiger partial charge is 0.386 e. The van der Waals surface area contributed by atoms with E-state index in [0.29, 0.717) is 22.8 Å². The van der Waals surface area contributed by atoms with Crippen LogP contribution in [-0.4, -0.2) is 47.7 Å². The lowest BCUT2D eigenvalue weighted by molar-refractivity contribution is -0.115. The second-order valence-electron chi connectivity index (χ2n) is 7.60. The standard InChI is InChI=1S/C20H20F3N3O4/c1-9-13-3-4-26(18(13)25-8-24-9)19-15(28)20(2,29)16(30-19)14(27)10-5-11(17(22)23)7-12(21)6-10/h3-8,14-17,19,27-29H,1-2H3/t14-,15+,16-,19-,20+/m1/s1. The van der Waals surface area contributed by atoms with Crippen LogP contribution in [0.4, 0.5) is 13.2 Å². The van der Waals surface area contributed by atoms with Crippen molar-refractivity contribution in [2.75, 3.05) is 0 Å². The summed E-state index contributed by atoms with van der Waals surface area (Å²) in [6.45, 7) is 3.04. The molecular formula is C20H20F3N3O4. The first-order valence-electron chi connectivity index (χ1n) is 9.22. The van der Waals surface area contributed by atoms with Crippen molar-refractivity contribution in [3.05, 3.63) is 59.4 Å². The van der Waals surface area contributed by atoms with E-state index in [1.54, 1.807) is 19.2 Å². The SMILES string of the molecule is Cc1ncnc2c1ccn2[C@@H]1O[C@H]([C@H](O)c2cc(F)cc(C(F)F)c2)[C@@](C)(O)[C@H]1O. The third-order valence-electron chi connectivity index (χ3n) is 5.54. The van der Waals surface area contributed by atoms with E-state index < -0.39 is 47.9 Å². The van der Waals surface area contributed by atoms with Crippen molar-refractivity contribution >= 4 is 11.0 Å².